The summed E-state index contributed by atoms with van der Waals surface area (Å²) in [6.07, 6.45) is 40.4. The maximum Gasteiger partial charge on any atom is 0.472 e. The zero-order chi connectivity index (χ0) is 63.8. The molecular formula is C67H130O17P2. The molecule has 0 saturated carbocycles. The van der Waals surface area contributed by atoms with Gasteiger partial charge in [0.15, 0.2) is 12.2 Å². The molecular weight excluding hydrogens is 1140 g/mol. The SMILES string of the molecule is CCCCCCCCCCC(=O)OC[C@H](COP(=O)(O)OC[C@H](O)COP(=O)(O)OC[C@@H](COC(=O)CCCCCCCCCCCCCC(C)C)OC(=O)CCCCCCCCCCCCCC(C)C)OC(=O)CCCCCCCCC(C)CC. The van der Waals surface area contributed by atoms with Gasteiger partial charge in [0.05, 0.1) is 26.4 Å². The van der Waals surface area contributed by atoms with E-state index in [9.17, 15) is 43.2 Å². The largest absolute Gasteiger partial charge is 0.472 e. The Morgan fingerprint density at radius 3 is 0.884 bits per heavy atom. The summed E-state index contributed by atoms with van der Waals surface area (Å²) in [5, 5.41) is 10.6. The molecule has 3 unspecified atom stereocenters. The van der Waals surface area contributed by atoms with Gasteiger partial charge in [0.25, 0.3) is 0 Å². The van der Waals surface area contributed by atoms with Gasteiger partial charge in [-0.15, -0.1) is 0 Å². The lowest BCUT2D eigenvalue weighted by Crippen LogP contribution is -2.30. The minimum atomic E-state index is -4.95. The number of unbranched alkanes of at least 4 members (excludes halogenated alkanes) is 32. The molecule has 3 N–H and O–H groups in total. The third-order valence-electron chi connectivity index (χ3n) is 15.7. The van der Waals surface area contributed by atoms with Crippen molar-refractivity contribution >= 4 is 39.5 Å². The number of aliphatic hydroxyl groups is 1. The van der Waals surface area contributed by atoms with E-state index < -0.39 is 97.5 Å². The lowest BCUT2D eigenvalue weighted by Gasteiger charge is -2.21. The van der Waals surface area contributed by atoms with Gasteiger partial charge < -0.3 is 33.8 Å². The second-order valence-corrected chi connectivity index (χ2v) is 28.3. The minimum absolute atomic E-state index is 0.102. The molecule has 0 aromatic heterocycles. The van der Waals surface area contributed by atoms with Crippen molar-refractivity contribution in [3.63, 3.8) is 0 Å². The van der Waals surface area contributed by atoms with Crippen LogP contribution in [0.25, 0.3) is 0 Å². The fraction of sp³-hybridized carbons (Fsp3) is 0.940. The van der Waals surface area contributed by atoms with E-state index in [1.807, 2.05) is 0 Å². The van der Waals surface area contributed by atoms with Crippen molar-refractivity contribution in [3.8, 4) is 0 Å². The van der Waals surface area contributed by atoms with Crippen molar-refractivity contribution in [2.24, 2.45) is 17.8 Å². The quantitative estimate of drug-likeness (QED) is 0.0222. The van der Waals surface area contributed by atoms with Gasteiger partial charge in [0, 0.05) is 25.7 Å². The molecule has 19 heteroatoms. The fourth-order valence-electron chi connectivity index (χ4n) is 9.98. The lowest BCUT2D eigenvalue weighted by atomic mass is 10.00. The van der Waals surface area contributed by atoms with Gasteiger partial charge in [-0.2, -0.15) is 0 Å². The van der Waals surface area contributed by atoms with Crippen LogP contribution in [0.4, 0.5) is 0 Å². The molecule has 0 rings (SSSR count). The van der Waals surface area contributed by atoms with Crippen LogP contribution in [0.15, 0.2) is 0 Å². The Hall–Kier alpha value is -1.94. The molecule has 0 aliphatic rings. The van der Waals surface area contributed by atoms with Crippen LogP contribution >= 0.6 is 15.6 Å². The number of rotatable bonds is 65. The Morgan fingerprint density at radius 1 is 0.337 bits per heavy atom. The Morgan fingerprint density at radius 2 is 0.593 bits per heavy atom. The minimum Gasteiger partial charge on any atom is -0.462 e. The molecule has 86 heavy (non-hydrogen) atoms. The van der Waals surface area contributed by atoms with Crippen LogP contribution in [0.3, 0.4) is 0 Å². The number of hydrogen-bond acceptors (Lipinski definition) is 15. The van der Waals surface area contributed by atoms with Gasteiger partial charge in [0.2, 0.25) is 0 Å². The van der Waals surface area contributed by atoms with Gasteiger partial charge >= 0.3 is 39.5 Å². The zero-order valence-corrected chi connectivity index (χ0v) is 57.6. The van der Waals surface area contributed by atoms with Crippen molar-refractivity contribution in [1.82, 2.24) is 0 Å². The van der Waals surface area contributed by atoms with Crippen LogP contribution in [-0.4, -0.2) is 96.7 Å². The first-order valence-corrected chi connectivity index (χ1v) is 37.9. The molecule has 0 aromatic rings. The topological polar surface area (TPSA) is 237 Å². The summed E-state index contributed by atoms with van der Waals surface area (Å²) in [6, 6.07) is 0. The van der Waals surface area contributed by atoms with Crippen LogP contribution in [0, 0.1) is 17.8 Å². The molecule has 0 aromatic carbocycles. The number of phosphoric ester groups is 2. The normalized spacial score (nSPS) is 14.6. The first kappa shape index (κ1) is 84.1. The maximum atomic E-state index is 13.0. The molecule has 0 heterocycles. The van der Waals surface area contributed by atoms with E-state index in [2.05, 4.69) is 48.5 Å². The number of carbonyl (C=O) groups excluding carboxylic acids is 4. The monoisotopic (exact) mass is 1270 g/mol. The van der Waals surface area contributed by atoms with E-state index in [0.717, 1.165) is 114 Å². The molecule has 0 fully saturated rings. The summed E-state index contributed by atoms with van der Waals surface area (Å²) >= 11 is 0. The highest BCUT2D eigenvalue weighted by molar-refractivity contribution is 7.47. The number of aliphatic hydroxyl groups excluding tert-OH is 1. The molecule has 0 spiro atoms. The standard InChI is InChI=1S/C67H130O17P2/c1-8-10-11-12-13-26-34-41-48-64(69)77-55-63(84-67(72)51-44-37-30-29-33-40-47-60(7)9-2)57-82-86(75,76)80-53-61(68)52-79-85(73,74)81-56-62(83-66(71)50-43-36-28-23-19-15-17-21-25-32-39-46-59(5)6)54-78-65(70)49-42-35-27-22-18-14-16-20-24-31-38-45-58(3)4/h58-63,68H,8-57H2,1-7H3,(H,73,74)(H,75,76)/t60?,61-,62-,63-/m1/s1. The van der Waals surface area contributed by atoms with E-state index in [4.69, 9.17) is 37.0 Å². The van der Waals surface area contributed by atoms with E-state index in [1.165, 1.54) is 135 Å². The van der Waals surface area contributed by atoms with Crippen molar-refractivity contribution < 1.29 is 80.2 Å². The Bertz CT molecular complexity index is 1700. The Kier molecular flexibility index (Phi) is 56.9. The van der Waals surface area contributed by atoms with E-state index >= 15 is 0 Å². The molecule has 0 aliphatic carbocycles. The van der Waals surface area contributed by atoms with Crippen molar-refractivity contribution in [3.05, 3.63) is 0 Å². The van der Waals surface area contributed by atoms with Crippen molar-refractivity contribution in [1.29, 1.82) is 0 Å². The molecule has 510 valence electrons. The number of hydrogen-bond donors (Lipinski definition) is 3. The molecule has 0 aliphatic heterocycles. The fourth-order valence-corrected chi connectivity index (χ4v) is 11.6. The summed E-state index contributed by atoms with van der Waals surface area (Å²) in [7, 11) is -9.89. The highest BCUT2D eigenvalue weighted by Gasteiger charge is 2.30. The maximum absolute atomic E-state index is 13.0. The van der Waals surface area contributed by atoms with Crippen LogP contribution in [-0.2, 0) is 65.4 Å². The van der Waals surface area contributed by atoms with Crippen LogP contribution < -0.4 is 0 Å². The third kappa shape index (κ3) is 59.7. The van der Waals surface area contributed by atoms with Crippen LogP contribution in [0.1, 0.15) is 331 Å². The van der Waals surface area contributed by atoms with Gasteiger partial charge in [0.1, 0.15) is 19.3 Å². The van der Waals surface area contributed by atoms with Gasteiger partial charge in [-0.3, -0.25) is 37.3 Å². The number of phosphoric acid groups is 2. The molecule has 0 bridgehead atoms. The van der Waals surface area contributed by atoms with Crippen LogP contribution in [0.2, 0.25) is 0 Å². The summed E-state index contributed by atoms with van der Waals surface area (Å²) in [5.74, 6) is 0.122. The number of esters is 4. The average molecular weight is 1270 g/mol. The van der Waals surface area contributed by atoms with Crippen molar-refractivity contribution in [2.75, 3.05) is 39.6 Å². The van der Waals surface area contributed by atoms with E-state index in [1.54, 1.807) is 0 Å². The molecule has 6 atom stereocenters. The van der Waals surface area contributed by atoms with Gasteiger partial charge in [-0.25, -0.2) is 9.13 Å². The first-order valence-electron chi connectivity index (χ1n) is 34.9. The summed E-state index contributed by atoms with van der Waals surface area (Å²) in [4.78, 5) is 72.3. The Balaban J connectivity index is 5.24. The highest BCUT2D eigenvalue weighted by atomic mass is 31.2. The van der Waals surface area contributed by atoms with Gasteiger partial charge in [-0.05, 0) is 43.4 Å². The molecule has 0 amide bonds. The summed E-state index contributed by atoms with van der Waals surface area (Å²) in [5.41, 5.74) is 0. The lowest BCUT2D eigenvalue weighted by molar-refractivity contribution is -0.161. The first-order chi connectivity index (χ1) is 41.3. The third-order valence-corrected chi connectivity index (χ3v) is 17.6. The average Bonchev–Trinajstić information content (AvgIpc) is 3.68. The van der Waals surface area contributed by atoms with Gasteiger partial charge in [-0.1, -0.05) is 280 Å². The second-order valence-electron chi connectivity index (χ2n) is 25.4. The molecule has 0 saturated heterocycles. The predicted octanol–water partition coefficient (Wildman–Crippen LogP) is 18.7. The summed E-state index contributed by atoms with van der Waals surface area (Å²) < 4.78 is 68.1. The number of carbonyl (C=O) groups is 4. The van der Waals surface area contributed by atoms with Crippen LogP contribution in [0.5, 0.6) is 0 Å². The van der Waals surface area contributed by atoms with Crippen molar-refractivity contribution in [2.45, 2.75) is 349 Å². The van der Waals surface area contributed by atoms with E-state index in [0.29, 0.717) is 25.7 Å². The van der Waals surface area contributed by atoms with E-state index in [-0.39, 0.29) is 25.7 Å². The number of ether oxygens (including phenoxy) is 4. The smallest absolute Gasteiger partial charge is 0.462 e. The molecule has 0 radical (unpaired) electrons. The highest BCUT2D eigenvalue weighted by Crippen LogP contribution is 2.45. The zero-order valence-electron chi connectivity index (χ0n) is 55.8. The second kappa shape index (κ2) is 58.2. The molecule has 17 nitrogen and oxygen atoms in total. The summed E-state index contributed by atoms with van der Waals surface area (Å²) in [6.45, 7) is 11.8. The predicted molar refractivity (Wildman–Crippen MR) is 344 cm³/mol. The Labute approximate surface area is 524 Å².